The van der Waals surface area contributed by atoms with Crippen LogP contribution in [0.25, 0.3) is 0 Å². The van der Waals surface area contributed by atoms with Crippen molar-refractivity contribution in [3.8, 4) is 0 Å². The molecule has 2 N–H and O–H groups in total. The van der Waals surface area contributed by atoms with Gasteiger partial charge in [0, 0.05) is 31.6 Å². The van der Waals surface area contributed by atoms with Crippen LogP contribution < -0.4 is 10.7 Å². The maximum Gasteiger partial charge on any atom is 0.491 e. The molecule has 2 amide bonds. The minimum Gasteiger partial charge on any atom is -0.433 e. The lowest BCUT2D eigenvalue weighted by atomic mass is 10.0. The number of rotatable bonds is 7. The van der Waals surface area contributed by atoms with Crippen LogP contribution in [-0.2, 0) is 27.4 Å². The molecule has 1 unspecified atom stereocenters. The van der Waals surface area contributed by atoms with Crippen molar-refractivity contribution in [1.29, 1.82) is 0 Å². The maximum atomic E-state index is 12.8. The van der Waals surface area contributed by atoms with Crippen LogP contribution in [-0.4, -0.2) is 47.1 Å². The predicted molar refractivity (Wildman–Crippen MR) is 128 cm³/mol. The number of amides is 2. The summed E-state index contributed by atoms with van der Waals surface area (Å²) in [6.45, 7) is 1.46. The van der Waals surface area contributed by atoms with E-state index in [4.69, 9.17) is 0 Å². The Labute approximate surface area is 211 Å². The number of ketones is 1. The molecule has 4 rings (SSSR count). The summed E-state index contributed by atoms with van der Waals surface area (Å²) < 4.78 is 42.8. The summed E-state index contributed by atoms with van der Waals surface area (Å²) in [6, 6.07) is 16.4. The topological polar surface area (TPSA) is 91.0 Å². The molecule has 0 spiro atoms. The molecule has 0 radical (unpaired) electrons. The zero-order valence-electron chi connectivity index (χ0n) is 19.9. The van der Waals surface area contributed by atoms with Gasteiger partial charge in [-0.15, -0.1) is 0 Å². The Morgan fingerprint density at radius 3 is 2.35 bits per heavy atom. The molecule has 0 bridgehead atoms. The van der Waals surface area contributed by atoms with Gasteiger partial charge in [-0.05, 0) is 42.0 Å². The van der Waals surface area contributed by atoms with E-state index in [0.717, 1.165) is 17.1 Å². The Balaban J connectivity index is 1.37. The van der Waals surface area contributed by atoms with Crippen molar-refractivity contribution in [3.05, 3.63) is 89.1 Å². The van der Waals surface area contributed by atoms with Gasteiger partial charge in [0.25, 0.3) is 0 Å². The zero-order chi connectivity index (χ0) is 26.6. The molecule has 11 heteroatoms. The van der Waals surface area contributed by atoms with E-state index < -0.39 is 24.4 Å². The van der Waals surface area contributed by atoms with Gasteiger partial charge in [-0.1, -0.05) is 48.5 Å². The number of urea groups is 1. The number of hydrazine groups is 1. The summed E-state index contributed by atoms with van der Waals surface area (Å²) in [5.41, 5.74) is 5.79. The minimum atomic E-state index is -5.20. The minimum absolute atomic E-state index is 0.0126. The van der Waals surface area contributed by atoms with Gasteiger partial charge in [-0.3, -0.25) is 9.69 Å². The van der Waals surface area contributed by atoms with Crippen molar-refractivity contribution in [2.45, 2.75) is 38.3 Å². The summed E-state index contributed by atoms with van der Waals surface area (Å²) in [6.07, 6.45) is -4.07. The van der Waals surface area contributed by atoms with Gasteiger partial charge in [-0.25, -0.2) is 20.0 Å². The second kappa shape index (κ2) is 10.9. The van der Waals surface area contributed by atoms with E-state index in [1.807, 2.05) is 37.4 Å². The third-order valence-corrected chi connectivity index (χ3v) is 5.76. The van der Waals surface area contributed by atoms with E-state index in [-0.39, 0.29) is 18.6 Å². The van der Waals surface area contributed by atoms with E-state index in [1.54, 1.807) is 12.1 Å². The summed E-state index contributed by atoms with van der Waals surface area (Å²) in [5.74, 6) is -2.62. The Morgan fingerprint density at radius 1 is 1.05 bits per heavy atom. The molecule has 194 valence electrons. The molecule has 1 atom stereocenters. The van der Waals surface area contributed by atoms with Crippen molar-refractivity contribution < 1.29 is 32.3 Å². The normalized spacial score (nSPS) is 17.2. The molecule has 8 nitrogen and oxygen atoms in total. The number of hydrogen-bond donors (Lipinski definition) is 2. The number of alkyl halides is 3. The van der Waals surface area contributed by atoms with Crippen LogP contribution in [0.2, 0.25) is 0 Å². The average Bonchev–Trinajstić information content (AvgIpc) is 3.15. The molecule has 1 fully saturated rings. The summed E-state index contributed by atoms with van der Waals surface area (Å²) in [4.78, 5) is 37.9. The lowest BCUT2D eigenvalue weighted by Gasteiger charge is -2.28. The highest BCUT2D eigenvalue weighted by molar-refractivity contribution is 5.94. The molecule has 0 saturated carbocycles. The lowest BCUT2D eigenvalue weighted by Crippen LogP contribution is -2.48. The Morgan fingerprint density at radius 2 is 1.70 bits per heavy atom. The number of hydrogen-bond acceptors (Lipinski definition) is 6. The van der Waals surface area contributed by atoms with Gasteiger partial charge < -0.3 is 10.1 Å². The van der Waals surface area contributed by atoms with E-state index in [0.29, 0.717) is 23.5 Å². The Hall–Kier alpha value is -4.12. The molecule has 1 heterocycles. The fourth-order valence-electron chi connectivity index (χ4n) is 4.15. The van der Waals surface area contributed by atoms with Crippen molar-refractivity contribution in [1.82, 2.24) is 15.3 Å². The largest absolute Gasteiger partial charge is 0.491 e. The standard InChI is InChI=1S/C26H25F3N4O4/c1-32(15-17-5-3-2-4-6-17)16-18-7-9-20(10-8-18)30-25(36)31-33-22-12-11-21(34)13-19(22)14-23(33)37-24(35)26(27,28)29/h2-10,12-13,23H,11,14-16H2,1H3,(H2,30,31,36). The molecular formula is C26H25F3N4O4. The van der Waals surface area contributed by atoms with Gasteiger partial charge in [0.2, 0.25) is 0 Å². The molecule has 1 aliphatic carbocycles. The molecule has 2 aromatic carbocycles. The number of nitrogens with zero attached hydrogens (tertiary/aromatic N) is 2. The summed E-state index contributed by atoms with van der Waals surface area (Å²) in [5, 5.41) is 3.65. The van der Waals surface area contributed by atoms with E-state index in [9.17, 15) is 27.6 Å². The van der Waals surface area contributed by atoms with Crippen LogP contribution in [0.4, 0.5) is 23.7 Å². The maximum absolute atomic E-state index is 12.8. The lowest BCUT2D eigenvalue weighted by molar-refractivity contribution is -0.211. The number of anilines is 1. The number of allylic oxidation sites excluding steroid dienone is 3. The number of esters is 1. The Kier molecular flexibility index (Phi) is 7.63. The monoisotopic (exact) mass is 514 g/mol. The third kappa shape index (κ3) is 6.76. The van der Waals surface area contributed by atoms with Gasteiger partial charge in [0.1, 0.15) is 0 Å². The molecule has 2 aromatic rings. The van der Waals surface area contributed by atoms with E-state index in [1.165, 1.54) is 17.7 Å². The molecule has 0 aromatic heterocycles. The van der Waals surface area contributed by atoms with Crippen LogP contribution in [0.3, 0.4) is 0 Å². The van der Waals surface area contributed by atoms with E-state index >= 15 is 0 Å². The Bertz CT molecular complexity index is 1230. The first-order chi connectivity index (χ1) is 17.6. The highest BCUT2D eigenvalue weighted by atomic mass is 19.4. The fourth-order valence-corrected chi connectivity index (χ4v) is 4.15. The molecule has 1 saturated heterocycles. The van der Waals surface area contributed by atoms with Crippen molar-refractivity contribution in [2.75, 3.05) is 12.4 Å². The first-order valence-electron chi connectivity index (χ1n) is 11.5. The van der Waals surface area contributed by atoms with Gasteiger partial charge in [-0.2, -0.15) is 13.2 Å². The summed E-state index contributed by atoms with van der Waals surface area (Å²) in [7, 11) is 2.00. The fraction of sp³-hybridized carbons (Fsp3) is 0.269. The van der Waals surface area contributed by atoms with E-state index in [2.05, 4.69) is 32.5 Å². The first-order valence-corrected chi connectivity index (χ1v) is 11.5. The molecule has 1 aliphatic heterocycles. The van der Waals surface area contributed by atoms with Crippen LogP contribution in [0.15, 0.2) is 78.0 Å². The highest BCUT2D eigenvalue weighted by Gasteiger charge is 2.46. The second-order valence-electron chi connectivity index (χ2n) is 8.78. The predicted octanol–water partition coefficient (Wildman–Crippen LogP) is 4.28. The second-order valence-corrected chi connectivity index (χ2v) is 8.78. The molecular weight excluding hydrogens is 489 g/mol. The van der Waals surface area contributed by atoms with Gasteiger partial charge in [0.05, 0.1) is 5.70 Å². The van der Waals surface area contributed by atoms with Crippen LogP contribution >= 0.6 is 0 Å². The third-order valence-electron chi connectivity index (χ3n) is 5.76. The summed E-state index contributed by atoms with van der Waals surface area (Å²) >= 11 is 0. The van der Waals surface area contributed by atoms with Crippen LogP contribution in [0.5, 0.6) is 0 Å². The van der Waals surface area contributed by atoms with Gasteiger partial charge >= 0.3 is 18.2 Å². The molecule has 37 heavy (non-hydrogen) atoms. The number of halogens is 3. The zero-order valence-corrected chi connectivity index (χ0v) is 19.9. The van der Waals surface area contributed by atoms with Gasteiger partial charge in [0.15, 0.2) is 12.0 Å². The number of ether oxygens (including phenoxy) is 1. The number of carbonyl (C=O) groups excluding carboxylic acids is 3. The molecule has 2 aliphatic rings. The quantitative estimate of drug-likeness (QED) is 0.537. The van der Waals surface area contributed by atoms with Crippen LogP contribution in [0, 0.1) is 0 Å². The number of carbonyl (C=O) groups is 3. The SMILES string of the molecule is CN(Cc1ccccc1)Cc1ccc(NC(=O)NN2C3=CCC(=O)C=C3CC2OC(=O)C(F)(F)F)cc1. The number of fused-ring (bicyclic) bond motifs is 1. The highest BCUT2D eigenvalue weighted by Crippen LogP contribution is 2.35. The van der Waals surface area contributed by atoms with Crippen molar-refractivity contribution >= 4 is 23.5 Å². The first kappa shape index (κ1) is 26.0. The average molecular weight is 515 g/mol. The number of benzene rings is 2. The van der Waals surface area contributed by atoms with Crippen LogP contribution in [0.1, 0.15) is 24.0 Å². The van der Waals surface area contributed by atoms with Crippen molar-refractivity contribution in [3.63, 3.8) is 0 Å². The number of nitrogens with one attached hydrogen (secondary N) is 2. The smallest absolute Gasteiger partial charge is 0.433 e. The van der Waals surface area contributed by atoms with Crippen molar-refractivity contribution in [2.24, 2.45) is 0 Å².